The number of hydrogen-bond acceptors (Lipinski definition) is 1. The van der Waals surface area contributed by atoms with Crippen LogP contribution in [0.3, 0.4) is 0 Å². The summed E-state index contributed by atoms with van der Waals surface area (Å²) in [6.45, 7) is 5.94. The first-order valence-electron chi connectivity index (χ1n) is 9.46. The third kappa shape index (κ3) is 10.8. The molecule has 0 amide bonds. The maximum atomic E-state index is 5.73. The van der Waals surface area contributed by atoms with Crippen LogP contribution in [0.4, 0.5) is 0 Å². The van der Waals surface area contributed by atoms with E-state index in [4.69, 9.17) is 4.74 Å². The van der Waals surface area contributed by atoms with E-state index < -0.39 is 0 Å². The van der Waals surface area contributed by atoms with Crippen LogP contribution in [0.2, 0.25) is 0 Å². The first-order valence-corrected chi connectivity index (χ1v) is 9.46. The summed E-state index contributed by atoms with van der Waals surface area (Å²) in [6.07, 6.45) is 27.5. The molecular formula is C21H36O. The molecule has 0 aromatic carbocycles. The van der Waals surface area contributed by atoms with Crippen LogP contribution in [0.1, 0.15) is 84.0 Å². The topological polar surface area (TPSA) is 12.5 Å². The van der Waals surface area contributed by atoms with Crippen molar-refractivity contribution in [3.63, 3.8) is 0 Å². The van der Waals surface area contributed by atoms with E-state index in [0.717, 1.165) is 12.8 Å². The molecule has 0 radical (unpaired) electrons. The molecule has 0 spiro atoms. The Hall–Kier alpha value is -0.820. The van der Waals surface area contributed by atoms with E-state index in [0.29, 0.717) is 12.2 Å². The van der Waals surface area contributed by atoms with Crippen molar-refractivity contribution >= 4 is 0 Å². The van der Waals surface area contributed by atoms with E-state index in [1.165, 1.54) is 64.2 Å². The van der Waals surface area contributed by atoms with Gasteiger partial charge in [-0.15, -0.1) is 0 Å². The zero-order valence-corrected chi connectivity index (χ0v) is 14.6. The lowest BCUT2D eigenvalue weighted by Gasteiger charge is -2.01. The van der Waals surface area contributed by atoms with Gasteiger partial charge in [0.05, 0.1) is 12.2 Å². The molecule has 0 aliphatic carbocycles. The lowest BCUT2D eigenvalue weighted by Crippen LogP contribution is -1.93. The number of allylic oxidation sites excluding steroid dienone is 4. The standard InChI is InChI=1S/C21H36O/c1-3-5-7-9-11-12-13-15-17-19-21-20(22-21)18-16-14-10-8-6-4-2/h4,6,8,14,16,20-21H,2-3,5,7,9-13,15,17-19H2,1H3/b8-6-,16-14-. The fraction of sp³-hybridized carbons (Fsp3) is 0.714. The van der Waals surface area contributed by atoms with Gasteiger partial charge in [-0.2, -0.15) is 0 Å². The van der Waals surface area contributed by atoms with Gasteiger partial charge in [0.25, 0.3) is 0 Å². The Bertz CT molecular complexity index is 316. The first kappa shape index (κ1) is 19.2. The molecule has 1 nitrogen and oxygen atoms in total. The normalized spacial score (nSPS) is 21.0. The molecule has 22 heavy (non-hydrogen) atoms. The van der Waals surface area contributed by atoms with Crippen molar-refractivity contribution in [1.29, 1.82) is 0 Å². The average molecular weight is 305 g/mol. The minimum atomic E-state index is 0.508. The molecule has 0 aromatic heterocycles. The number of hydrogen-bond donors (Lipinski definition) is 0. The molecule has 2 unspecified atom stereocenters. The van der Waals surface area contributed by atoms with Crippen molar-refractivity contribution in [2.24, 2.45) is 0 Å². The summed E-state index contributed by atoms with van der Waals surface area (Å²) in [5.74, 6) is 0. The zero-order valence-electron chi connectivity index (χ0n) is 14.6. The molecule has 0 bridgehead atoms. The molecule has 0 aromatic rings. The minimum absolute atomic E-state index is 0.508. The molecule has 126 valence electrons. The number of rotatable bonds is 15. The van der Waals surface area contributed by atoms with Crippen molar-refractivity contribution in [3.8, 4) is 0 Å². The molecule has 1 aliphatic rings. The predicted molar refractivity (Wildman–Crippen MR) is 98.2 cm³/mol. The van der Waals surface area contributed by atoms with Gasteiger partial charge in [0.15, 0.2) is 0 Å². The van der Waals surface area contributed by atoms with Gasteiger partial charge in [-0.1, -0.05) is 102 Å². The van der Waals surface area contributed by atoms with Crippen LogP contribution in [-0.4, -0.2) is 12.2 Å². The van der Waals surface area contributed by atoms with Gasteiger partial charge in [-0.3, -0.25) is 0 Å². The molecule has 1 saturated heterocycles. The number of epoxide rings is 1. The van der Waals surface area contributed by atoms with E-state index in [1.807, 2.05) is 12.2 Å². The highest BCUT2D eigenvalue weighted by molar-refractivity contribution is 5.02. The average Bonchev–Trinajstić information content (AvgIpc) is 3.27. The SMILES string of the molecule is C=C/C=C\C/C=C\CC1OC1CCCCCCCCCCC. The van der Waals surface area contributed by atoms with Crippen molar-refractivity contribution < 1.29 is 4.74 Å². The van der Waals surface area contributed by atoms with E-state index in [-0.39, 0.29) is 0 Å². The molecule has 1 fully saturated rings. The molecule has 1 aliphatic heterocycles. The smallest absolute Gasteiger partial charge is 0.0876 e. The van der Waals surface area contributed by atoms with E-state index >= 15 is 0 Å². The molecule has 1 rings (SSSR count). The quantitative estimate of drug-likeness (QED) is 0.141. The zero-order chi connectivity index (χ0) is 15.9. The Balaban J connectivity index is 1.82. The summed E-state index contributed by atoms with van der Waals surface area (Å²) in [5.41, 5.74) is 0. The molecule has 1 heterocycles. The summed E-state index contributed by atoms with van der Waals surface area (Å²) in [7, 11) is 0. The summed E-state index contributed by atoms with van der Waals surface area (Å²) in [5, 5.41) is 0. The fourth-order valence-corrected chi connectivity index (χ4v) is 2.88. The molecule has 2 atom stereocenters. The second kappa shape index (κ2) is 13.8. The summed E-state index contributed by atoms with van der Waals surface area (Å²) in [4.78, 5) is 0. The largest absolute Gasteiger partial charge is 0.369 e. The highest BCUT2D eigenvalue weighted by atomic mass is 16.6. The molecule has 0 N–H and O–H groups in total. The highest BCUT2D eigenvalue weighted by Crippen LogP contribution is 2.30. The van der Waals surface area contributed by atoms with Gasteiger partial charge in [0.1, 0.15) is 0 Å². The van der Waals surface area contributed by atoms with Crippen molar-refractivity contribution in [3.05, 3.63) is 37.0 Å². The predicted octanol–water partition coefficient (Wildman–Crippen LogP) is 6.75. The second-order valence-electron chi connectivity index (χ2n) is 6.44. The van der Waals surface area contributed by atoms with Gasteiger partial charge < -0.3 is 4.74 Å². The van der Waals surface area contributed by atoms with Gasteiger partial charge in [0, 0.05) is 0 Å². The third-order valence-electron chi connectivity index (χ3n) is 4.36. The van der Waals surface area contributed by atoms with Crippen molar-refractivity contribution in [2.45, 2.75) is 96.2 Å². The van der Waals surface area contributed by atoms with Gasteiger partial charge in [-0.25, -0.2) is 0 Å². The fourth-order valence-electron chi connectivity index (χ4n) is 2.88. The number of unbranched alkanes of at least 4 members (excludes halogenated alkanes) is 8. The van der Waals surface area contributed by atoms with Crippen LogP contribution >= 0.6 is 0 Å². The second-order valence-corrected chi connectivity index (χ2v) is 6.44. The summed E-state index contributed by atoms with van der Waals surface area (Å²) in [6, 6.07) is 0. The monoisotopic (exact) mass is 304 g/mol. The van der Waals surface area contributed by atoms with Crippen LogP contribution in [0.25, 0.3) is 0 Å². The van der Waals surface area contributed by atoms with Crippen LogP contribution in [-0.2, 0) is 4.74 Å². The lowest BCUT2D eigenvalue weighted by molar-refractivity contribution is 0.358. The van der Waals surface area contributed by atoms with E-state index in [9.17, 15) is 0 Å². The molecule has 1 heteroatoms. The van der Waals surface area contributed by atoms with Gasteiger partial charge in [-0.05, 0) is 19.3 Å². The Labute approximate surface area is 138 Å². The Morgan fingerprint density at radius 3 is 2.18 bits per heavy atom. The third-order valence-corrected chi connectivity index (χ3v) is 4.36. The summed E-state index contributed by atoms with van der Waals surface area (Å²) < 4.78 is 5.73. The van der Waals surface area contributed by atoms with Crippen LogP contribution in [0, 0.1) is 0 Å². The number of ether oxygens (including phenoxy) is 1. The van der Waals surface area contributed by atoms with Gasteiger partial charge in [0.2, 0.25) is 0 Å². The van der Waals surface area contributed by atoms with E-state index in [2.05, 4.69) is 31.7 Å². The summed E-state index contributed by atoms with van der Waals surface area (Å²) >= 11 is 0. The molecule has 0 saturated carbocycles. The highest BCUT2D eigenvalue weighted by Gasteiger charge is 2.36. The first-order chi connectivity index (χ1) is 10.9. The van der Waals surface area contributed by atoms with Gasteiger partial charge >= 0.3 is 0 Å². The van der Waals surface area contributed by atoms with Crippen molar-refractivity contribution in [1.82, 2.24) is 0 Å². The minimum Gasteiger partial charge on any atom is -0.369 e. The van der Waals surface area contributed by atoms with E-state index in [1.54, 1.807) is 0 Å². The maximum Gasteiger partial charge on any atom is 0.0876 e. The van der Waals surface area contributed by atoms with Crippen molar-refractivity contribution in [2.75, 3.05) is 0 Å². The Kier molecular flexibility index (Phi) is 12.1. The Morgan fingerprint density at radius 1 is 0.818 bits per heavy atom. The van der Waals surface area contributed by atoms with Crippen LogP contribution in [0.5, 0.6) is 0 Å². The lowest BCUT2D eigenvalue weighted by atomic mass is 10.0. The van der Waals surface area contributed by atoms with Crippen LogP contribution in [0.15, 0.2) is 37.0 Å². The Morgan fingerprint density at radius 2 is 1.50 bits per heavy atom. The maximum absolute atomic E-state index is 5.73. The van der Waals surface area contributed by atoms with Crippen LogP contribution < -0.4 is 0 Å². The molecular weight excluding hydrogens is 268 g/mol.